The van der Waals surface area contributed by atoms with E-state index in [2.05, 4.69) is 11.8 Å². The van der Waals surface area contributed by atoms with Crippen LogP contribution in [0.1, 0.15) is 50.6 Å². The molecule has 1 aliphatic rings. The van der Waals surface area contributed by atoms with Gasteiger partial charge in [-0.1, -0.05) is 38.0 Å². The van der Waals surface area contributed by atoms with Gasteiger partial charge in [0.15, 0.2) is 0 Å². The zero-order valence-corrected chi connectivity index (χ0v) is 12.6. The van der Waals surface area contributed by atoms with Gasteiger partial charge in [-0.25, -0.2) is 4.39 Å². The molecule has 0 amide bonds. The number of carbonyl (C=O) groups is 1. The van der Waals surface area contributed by atoms with Crippen LogP contribution in [0.15, 0.2) is 24.3 Å². The van der Waals surface area contributed by atoms with E-state index in [1.807, 2.05) is 12.1 Å². The van der Waals surface area contributed by atoms with Crippen LogP contribution in [-0.4, -0.2) is 29.1 Å². The number of hydrogen-bond donors (Lipinski definition) is 1. The first-order chi connectivity index (χ1) is 10.1. The van der Waals surface area contributed by atoms with Crippen LogP contribution in [0.4, 0.5) is 4.39 Å². The SMILES string of the molecule is CCCCC(c1ccccc1F)N1CCC(C(=O)O)CC1. The van der Waals surface area contributed by atoms with Crippen molar-refractivity contribution in [3.63, 3.8) is 0 Å². The summed E-state index contributed by atoms with van der Waals surface area (Å²) >= 11 is 0. The average Bonchev–Trinajstić information content (AvgIpc) is 2.50. The van der Waals surface area contributed by atoms with Crippen molar-refractivity contribution in [1.82, 2.24) is 4.90 Å². The Morgan fingerprint density at radius 1 is 1.38 bits per heavy atom. The maximum Gasteiger partial charge on any atom is 0.306 e. The van der Waals surface area contributed by atoms with Crippen LogP contribution < -0.4 is 0 Å². The number of aliphatic carboxylic acids is 1. The minimum absolute atomic E-state index is 0.0703. The molecule has 0 bridgehead atoms. The van der Waals surface area contributed by atoms with E-state index in [4.69, 9.17) is 5.11 Å². The Morgan fingerprint density at radius 3 is 2.62 bits per heavy atom. The summed E-state index contributed by atoms with van der Waals surface area (Å²) in [5, 5.41) is 9.09. The third-order valence-electron chi connectivity index (χ3n) is 4.41. The second-order valence-electron chi connectivity index (χ2n) is 5.83. The van der Waals surface area contributed by atoms with Crippen molar-refractivity contribution < 1.29 is 14.3 Å². The van der Waals surface area contributed by atoms with Crippen molar-refractivity contribution in [2.45, 2.75) is 45.1 Å². The summed E-state index contributed by atoms with van der Waals surface area (Å²) in [6.45, 7) is 3.61. The minimum atomic E-state index is -0.703. The highest BCUT2D eigenvalue weighted by Crippen LogP contribution is 2.32. The van der Waals surface area contributed by atoms with Crippen LogP contribution >= 0.6 is 0 Å². The fourth-order valence-electron chi connectivity index (χ4n) is 3.14. The maximum absolute atomic E-state index is 14.1. The van der Waals surface area contributed by atoms with E-state index in [0.29, 0.717) is 12.8 Å². The molecule has 116 valence electrons. The van der Waals surface area contributed by atoms with Crippen molar-refractivity contribution in [1.29, 1.82) is 0 Å². The Labute approximate surface area is 125 Å². The Bertz CT molecular complexity index is 470. The number of likely N-dealkylation sites (tertiary alicyclic amines) is 1. The molecule has 2 rings (SSSR count). The molecule has 1 fully saturated rings. The highest BCUT2D eigenvalue weighted by Gasteiger charge is 2.29. The largest absolute Gasteiger partial charge is 0.481 e. The van der Waals surface area contributed by atoms with Gasteiger partial charge >= 0.3 is 5.97 Å². The fraction of sp³-hybridized carbons (Fsp3) is 0.588. The number of hydrogen-bond acceptors (Lipinski definition) is 2. The van der Waals surface area contributed by atoms with Gasteiger partial charge in [-0.2, -0.15) is 0 Å². The van der Waals surface area contributed by atoms with Crippen molar-refractivity contribution >= 4 is 5.97 Å². The van der Waals surface area contributed by atoms with Gasteiger partial charge in [0, 0.05) is 11.6 Å². The fourth-order valence-corrected chi connectivity index (χ4v) is 3.14. The van der Waals surface area contributed by atoms with Crippen LogP contribution in [0.5, 0.6) is 0 Å². The molecule has 1 aliphatic heterocycles. The number of piperidine rings is 1. The molecule has 0 spiro atoms. The van der Waals surface area contributed by atoms with E-state index in [1.165, 1.54) is 6.07 Å². The van der Waals surface area contributed by atoms with E-state index in [9.17, 15) is 9.18 Å². The molecule has 1 unspecified atom stereocenters. The molecule has 1 saturated heterocycles. The van der Waals surface area contributed by atoms with Crippen molar-refractivity contribution in [2.24, 2.45) is 5.92 Å². The quantitative estimate of drug-likeness (QED) is 0.866. The number of nitrogens with zero attached hydrogens (tertiary/aromatic N) is 1. The van der Waals surface area contributed by atoms with Gasteiger partial charge in [-0.3, -0.25) is 9.69 Å². The Hall–Kier alpha value is -1.42. The van der Waals surface area contributed by atoms with Crippen LogP contribution in [0.3, 0.4) is 0 Å². The molecule has 1 heterocycles. The van der Waals surface area contributed by atoms with Gasteiger partial charge in [0.25, 0.3) is 0 Å². The number of carboxylic acids is 1. The van der Waals surface area contributed by atoms with E-state index in [1.54, 1.807) is 6.07 Å². The van der Waals surface area contributed by atoms with Gasteiger partial charge < -0.3 is 5.11 Å². The summed E-state index contributed by atoms with van der Waals surface area (Å²) in [7, 11) is 0. The van der Waals surface area contributed by atoms with Gasteiger partial charge in [0.2, 0.25) is 0 Å². The summed E-state index contributed by atoms with van der Waals surface area (Å²) < 4.78 is 14.1. The zero-order valence-electron chi connectivity index (χ0n) is 12.6. The highest BCUT2D eigenvalue weighted by atomic mass is 19.1. The van der Waals surface area contributed by atoms with E-state index in [0.717, 1.165) is 37.9 Å². The second kappa shape index (κ2) is 7.55. The molecule has 0 aromatic heterocycles. The minimum Gasteiger partial charge on any atom is -0.481 e. The Morgan fingerprint density at radius 2 is 2.05 bits per heavy atom. The Kier molecular flexibility index (Phi) is 5.74. The van der Waals surface area contributed by atoms with E-state index < -0.39 is 5.97 Å². The molecule has 1 aromatic rings. The Balaban J connectivity index is 2.10. The molecular formula is C17H24FNO2. The summed E-state index contributed by atoms with van der Waals surface area (Å²) in [5.41, 5.74) is 0.750. The summed E-state index contributed by atoms with van der Waals surface area (Å²) in [6, 6.07) is 7.03. The number of carboxylic acid groups (broad SMARTS) is 1. The lowest BCUT2D eigenvalue weighted by Crippen LogP contribution is -2.39. The first-order valence-electron chi connectivity index (χ1n) is 7.84. The summed E-state index contributed by atoms with van der Waals surface area (Å²) in [4.78, 5) is 13.3. The summed E-state index contributed by atoms with van der Waals surface area (Å²) in [6.07, 6.45) is 4.38. The lowest BCUT2D eigenvalue weighted by atomic mass is 9.92. The molecule has 0 radical (unpaired) electrons. The first kappa shape index (κ1) is 16.0. The first-order valence-corrected chi connectivity index (χ1v) is 7.84. The van der Waals surface area contributed by atoms with Gasteiger partial charge in [-0.05, 0) is 38.4 Å². The van der Waals surface area contributed by atoms with Crippen LogP contribution in [-0.2, 0) is 4.79 Å². The topological polar surface area (TPSA) is 40.5 Å². The van der Waals surface area contributed by atoms with Crippen molar-refractivity contribution in [2.75, 3.05) is 13.1 Å². The number of unbranched alkanes of at least 4 members (excludes halogenated alkanes) is 1. The third kappa shape index (κ3) is 4.03. The van der Waals surface area contributed by atoms with Gasteiger partial charge in [-0.15, -0.1) is 0 Å². The molecular weight excluding hydrogens is 269 g/mol. The van der Waals surface area contributed by atoms with Gasteiger partial charge in [0.1, 0.15) is 5.82 Å². The predicted octanol–water partition coefficient (Wildman–Crippen LogP) is 3.85. The predicted molar refractivity (Wildman–Crippen MR) is 80.6 cm³/mol. The average molecular weight is 293 g/mol. The molecule has 21 heavy (non-hydrogen) atoms. The second-order valence-corrected chi connectivity index (χ2v) is 5.83. The van der Waals surface area contributed by atoms with Crippen LogP contribution in [0.25, 0.3) is 0 Å². The molecule has 1 N–H and O–H groups in total. The normalized spacial score (nSPS) is 18.6. The molecule has 3 nitrogen and oxygen atoms in total. The van der Waals surface area contributed by atoms with Crippen molar-refractivity contribution in [3.05, 3.63) is 35.6 Å². The van der Waals surface area contributed by atoms with Gasteiger partial charge in [0.05, 0.1) is 5.92 Å². The van der Waals surface area contributed by atoms with Crippen LogP contribution in [0.2, 0.25) is 0 Å². The summed E-state index contributed by atoms with van der Waals surface area (Å²) in [5.74, 6) is -1.10. The zero-order chi connectivity index (χ0) is 15.2. The maximum atomic E-state index is 14.1. The lowest BCUT2D eigenvalue weighted by Gasteiger charge is -2.37. The molecule has 0 aliphatic carbocycles. The lowest BCUT2D eigenvalue weighted by molar-refractivity contribution is -0.143. The molecule has 1 aromatic carbocycles. The van der Waals surface area contributed by atoms with Crippen LogP contribution in [0, 0.1) is 11.7 Å². The van der Waals surface area contributed by atoms with E-state index >= 15 is 0 Å². The third-order valence-corrected chi connectivity index (χ3v) is 4.41. The highest BCUT2D eigenvalue weighted by molar-refractivity contribution is 5.70. The molecule has 4 heteroatoms. The number of benzene rings is 1. The molecule has 0 saturated carbocycles. The van der Waals surface area contributed by atoms with E-state index in [-0.39, 0.29) is 17.8 Å². The smallest absolute Gasteiger partial charge is 0.306 e. The number of rotatable bonds is 6. The monoisotopic (exact) mass is 293 g/mol. The standard InChI is InChI=1S/C17H24FNO2/c1-2-3-8-16(14-6-4-5-7-15(14)18)19-11-9-13(10-12-19)17(20)21/h4-7,13,16H,2-3,8-12H2,1H3,(H,20,21). The molecule has 1 atom stereocenters. The number of halogens is 1. The van der Waals surface area contributed by atoms with Crippen molar-refractivity contribution in [3.8, 4) is 0 Å².